The third-order valence-corrected chi connectivity index (χ3v) is 1.98. The lowest BCUT2D eigenvalue weighted by molar-refractivity contribution is -0.110. The van der Waals surface area contributed by atoms with Crippen molar-refractivity contribution in [3.05, 3.63) is 11.6 Å². The zero-order valence-corrected chi connectivity index (χ0v) is 6.26. The third kappa shape index (κ3) is 1.59. The van der Waals surface area contributed by atoms with E-state index in [2.05, 4.69) is 18.3 Å². The van der Waals surface area contributed by atoms with Crippen molar-refractivity contribution < 1.29 is 4.79 Å². The molecular weight excluding hydrogens is 126 g/mol. The number of carbonyl (C=O) groups excluding carboxylic acids is 1. The SMILES string of the molecule is CC1=CCCCC1NC=O. The summed E-state index contributed by atoms with van der Waals surface area (Å²) in [5.41, 5.74) is 1.30. The quantitative estimate of drug-likeness (QED) is 0.452. The summed E-state index contributed by atoms with van der Waals surface area (Å²) in [5, 5.41) is 2.79. The molecule has 1 N–H and O–H groups in total. The summed E-state index contributed by atoms with van der Waals surface area (Å²) in [7, 11) is 0. The molecule has 2 heteroatoms. The lowest BCUT2D eigenvalue weighted by Crippen LogP contribution is -2.30. The summed E-state index contributed by atoms with van der Waals surface area (Å²) < 4.78 is 0. The number of amides is 1. The molecule has 1 rings (SSSR count). The predicted molar refractivity (Wildman–Crippen MR) is 40.6 cm³/mol. The van der Waals surface area contributed by atoms with Gasteiger partial charge in [0.05, 0.1) is 0 Å². The Morgan fingerprint density at radius 3 is 3.20 bits per heavy atom. The van der Waals surface area contributed by atoms with E-state index in [0.29, 0.717) is 6.04 Å². The Kier molecular flexibility index (Phi) is 2.49. The molecule has 10 heavy (non-hydrogen) atoms. The maximum absolute atomic E-state index is 10.1. The van der Waals surface area contributed by atoms with E-state index in [1.807, 2.05) is 0 Å². The van der Waals surface area contributed by atoms with Gasteiger partial charge in [0, 0.05) is 6.04 Å². The van der Waals surface area contributed by atoms with Crippen molar-refractivity contribution in [2.45, 2.75) is 32.2 Å². The average Bonchev–Trinajstić information content (AvgIpc) is 1.94. The molecule has 0 spiro atoms. The molecule has 0 aromatic heterocycles. The van der Waals surface area contributed by atoms with Crippen LogP contribution in [0.15, 0.2) is 11.6 Å². The minimum Gasteiger partial charge on any atom is -0.352 e. The van der Waals surface area contributed by atoms with E-state index < -0.39 is 0 Å². The van der Waals surface area contributed by atoms with Crippen molar-refractivity contribution >= 4 is 6.41 Å². The minimum atomic E-state index is 0.311. The number of hydrogen-bond donors (Lipinski definition) is 1. The molecule has 0 saturated heterocycles. The van der Waals surface area contributed by atoms with Crippen LogP contribution in [0.1, 0.15) is 26.2 Å². The summed E-state index contributed by atoms with van der Waals surface area (Å²) in [5.74, 6) is 0. The van der Waals surface area contributed by atoms with Crippen LogP contribution in [0, 0.1) is 0 Å². The van der Waals surface area contributed by atoms with Crippen LogP contribution in [0.25, 0.3) is 0 Å². The summed E-state index contributed by atoms with van der Waals surface area (Å²) in [6.07, 6.45) is 6.45. The molecule has 0 aliphatic heterocycles. The zero-order valence-electron chi connectivity index (χ0n) is 6.26. The monoisotopic (exact) mass is 139 g/mol. The van der Waals surface area contributed by atoms with Gasteiger partial charge in [-0.15, -0.1) is 0 Å². The fraction of sp³-hybridized carbons (Fsp3) is 0.625. The van der Waals surface area contributed by atoms with Crippen molar-refractivity contribution in [2.24, 2.45) is 0 Å². The molecule has 0 aromatic carbocycles. The van der Waals surface area contributed by atoms with Crippen LogP contribution in [-0.2, 0) is 4.79 Å². The number of carbonyl (C=O) groups is 1. The fourth-order valence-electron chi connectivity index (χ4n) is 1.32. The Labute approximate surface area is 61.3 Å². The number of rotatable bonds is 2. The summed E-state index contributed by atoms with van der Waals surface area (Å²) in [4.78, 5) is 10.1. The van der Waals surface area contributed by atoms with Crippen LogP contribution >= 0.6 is 0 Å². The molecule has 1 amide bonds. The van der Waals surface area contributed by atoms with Gasteiger partial charge in [-0.3, -0.25) is 4.79 Å². The first-order chi connectivity index (χ1) is 4.84. The average molecular weight is 139 g/mol. The molecule has 1 unspecified atom stereocenters. The maximum atomic E-state index is 10.1. The topological polar surface area (TPSA) is 29.1 Å². The van der Waals surface area contributed by atoms with E-state index in [-0.39, 0.29) is 0 Å². The maximum Gasteiger partial charge on any atom is 0.207 e. The van der Waals surface area contributed by atoms with E-state index in [4.69, 9.17) is 0 Å². The first-order valence-electron chi connectivity index (χ1n) is 3.71. The Hall–Kier alpha value is -0.790. The molecular formula is C8H13NO. The van der Waals surface area contributed by atoms with Crippen LogP contribution < -0.4 is 5.32 Å². The van der Waals surface area contributed by atoms with E-state index in [0.717, 1.165) is 12.8 Å². The molecule has 1 atom stereocenters. The van der Waals surface area contributed by atoms with E-state index in [1.54, 1.807) is 0 Å². The third-order valence-electron chi connectivity index (χ3n) is 1.98. The van der Waals surface area contributed by atoms with Crippen LogP contribution in [0.2, 0.25) is 0 Å². The van der Waals surface area contributed by atoms with E-state index in [1.165, 1.54) is 18.4 Å². The van der Waals surface area contributed by atoms with Crippen molar-refractivity contribution in [1.29, 1.82) is 0 Å². The van der Waals surface area contributed by atoms with Crippen LogP contribution in [-0.4, -0.2) is 12.5 Å². The Morgan fingerprint density at radius 1 is 1.80 bits per heavy atom. The highest BCUT2D eigenvalue weighted by Gasteiger charge is 2.11. The van der Waals surface area contributed by atoms with Gasteiger partial charge in [-0.2, -0.15) is 0 Å². The smallest absolute Gasteiger partial charge is 0.207 e. The normalized spacial score (nSPS) is 25.3. The molecule has 0 fully saturated rings. The molecule has 56 valence electrons. The Morgan fingerprint density at radius 2 is 2.60 bits per heavy atom. The lowest BCUT2D eigenvalue weighted by Gasteiger charge is -2.20. The van der Waals surface area contributed by atoms with Gasteiger partial charge < -0.3 is 5.32 Å². The highest BCUT2D eigenvalue weighted by molar-refractivity contribution is 5.48. The first-order valence-corrected chi connectivity index (χ1v) is 3.71. The minimum absolute atomic E-state index is 0.311. The van der Waals surface area contributed by atoms with Crippen molar-refractivity contribution in [3.8, 4) is 0 Å². The molecule has 0 radical (unpaired) electrons. The second kappa shape index (κ2) is 3.40. The van der Waals surface area contributed by atoms with Gasteiger partial charge in [0.25, 0.3) is 0 Å². The van der Waals surface area contributed by atoms with Gasteiger partial charge >= 0.3 is 0 Å². The van der Waals surface area contributed by atoms with Crippen LogP contribution in [0.4, 0.5) is 0 Å². The molecule has 0 aromatic rings. The predicted octanol–water partition coefficient (Wildman–Crippen LogP) is 1.23. The zero-order chi connectivity index (χ0) is 7.40. The summed E-state index contributed by atoms with van der Waals surface area (Å²) >= 11 is 0. The molecule has 1 aliphatic rings. The van der Waals surface area contributed by atoms with Gasteiger partial charge in [-0.25, -0.2) is 0 Å². The first kappa shape index (κ1) is 7.32. The van der Waals surface area contributed by atoms with Gasteiger partial charge in [0.15, 0.2) is 0 Å². The Balaban J connectivity index is 2.49. The largest absolute Gasteiger partial charge is 0.352 e. The van der Waals surface area contributed by atoms with Crippen molar-refractivity contribution in [2.75, 3.05) is 0 Å². The lowest BCUT2D eigenvalue weighted by atomic mass is 9.96. The van der Waals surface area contributed by atoms with Crippen LogP contribution in [0.3, 0.4) is 0 Å². The van der Waals surface area contributed by atoms with Gasteiger partial charge in [-0.1, -0.05) is 11.6 Å². The standard InChI is InChI=1S/C8H13NO/c1-7-4-2-3-5-8(7)9-6-10/h4,6,8H,2-3,5H2,1H3,(H,9,10). The van der Waals surface area contributed by atoms with E-state index >= 15 is 0 Å². The summed E-state index contributed by atoms with van der Waals surface area (Å²) in [6, 6.07) is 0.311. The summed E-state index contributed by atoms with van der Waals surface area (Å²) in [6.45, 7) is 2.07. The van der Waals surface area contributed by atoms with Gasteiger partial charge in [0.2, 0.25) is 6.41 Å². The fourth-order valence-corrected chi connectivity index (χ4v) is 1.32. The molecule has 0 heterocycles. The highest BCUT2D eigenvalue weighted by Crippen LogP contribution is 2.16. The Bertz CT molecular complexity index is 151. The molecule has 1 aliphatic carbocycles. The molecule has 0 saturated carbocycles. The van der Waals surface area contributed by atoms with Crippen molar-refractivity contribution in [3.63, 3.8) is 0 Å². The number of hydrogen-bond acceptors (Lipinski definition) is 1. The molecule has 2 nitrogen and oxygen atoms in total. The number of nitrogens with one attached hydrogen (secondary N) is 1. The highest BCUT2D eigenvalue weighted by atomic mass is 16.1. The van der Waals surface area contributed by atoms with Crippen molar-refractivity contribution in [1.82, 2.24) is 5.32 Å². The second-order valence-electron chi connectivity index (χ2n) is 2.72. The van der Waals surface area contributed by atoms with E-state index in [9.17, 15) is 4.79 Å². The van der Waals surface area contributed by atoms with Gasteiger partial charge in [-0.05, 0) is 26.2 Å². The number of allylic oxidation sites excluding steroid dienone is 1. The second-order valence-corrected chi connectivity index (χ2v) is 2.72. The van der Waals surface area contributed by atoms with Gasteiger partial charge in [0.1, 0.15) is 0 Å². The molecule has 0 bridgehead atoms. The van der Waals surface area contributed by atoms with Crippen LogP contribution in [0.5, 0.6) is 0 Å².